The third-order valence-electron chi connectivity index (χ3n) is 4.67. The van der Waals surface area contributed by atoms with E-state index in [2.05, 4.69) is 24.5 Å². The van der Waals surface area contributed by atoms with Crippen molar-refractivity contribution in [2.24, 2.45) is 5.92 Å². The van der Waals surface area contributed by atoms with Crippen molar-refractivity contribution in [3.8, 4) is 0 Å². The van der Waals surface area contributed by atoms with E-state index in [-0.39, 0.29) is 6.09 Å². The Hall–Kier alpha value is -0.770. The van der Waals surface area contributed by atoms with Crippen LogP contribution in [0.15, 0.2) is 0 Å². The van der Waals surface area contributed by atoms with Crippen molar-refractivity contribution in [1.82, 2.24) is 10.6 Å². The molecule has 2 N–H and O–H groups in total. The quantitative estimate of drug-likeness (QED) is 0.684. The molecule has 136 valence electrons. The molecule has 0 bridgehead atoms. The summed E-state index contributed by atoms with van der Waals surface area (Å²) in [6, 6.07) is 1.14. The minimum Gasteiger partial charge on any atom is -0.444 e. The van der Waals surface area contributed by atoms with Gasteiger partial charge in [-0.15, -0.1) is 0 Å². The first-order chi connectivity index (χ1) is 10.9. The van der Waals surface area contributed by atoms with Crippen LogP contribution in [0.5, 0.6) is 0 Å². The largest absolute Gasteiger partial charge is 0.444 e. The second kappa shape index (κ2) is 10.2. The van der Waals surface area contributed by atoms with Crippen LogP contribution in [-0.2, 0) is 4.74 Å². The third kappa shape index (κ3) is 8.59. The van der Waals surface area contributed by atoms with E-state index in [1.165, 1.54) is 51.4 Å². The highest BCUT2D eigenvalue weighted by Crippen LogP contribution is 2.25. The number of carbonyl (C=O) groups is 1. The zero-order chi connectivity index (χ0) is 17.3. The van der Waals surface area contributed by atoms with E-state index < -0.39 is 5.60 Å². The lowest BCUT2D eigenvalue weighted by Crippen LogP contribution is -2.48. The Morgan fingerprint density at radius 1 is 1.22 bits per heavy atom. The molecule has 0 aromatic heterocycles. The summed E-state index contributed by atoms with van der Waals surface area (Å²) in [4.78, 5) is 11.9. The molecule has 1 fully saturated rings. The van der Waals surface area contributed by atoms with Crippen molar-refractivity contribution in [2.75, 3.05) is 6.54 Å². The lowest BCUT2D eigenvalue weighted by atomic mass is 9.83. The van der Waals surface area contributed by atoms with E-state index in [9.17, 15) is 4.79 Å². The van der Waals surface area contributed by atoms with Crippen LogP contribution in [0.1, 0.15) is 86.0 Å². The fourth-order valence-corrected chi connectivity index (χ4v) is 3.36. The predicted molar refractivity (Wildman–Crippen MR) is 96.7 cm³/mol. The highest BCUT2D eigenvalue weighted by atomic mass is 16.6. The molecule has 1 aliphatic carbocycles. The number of carbonyl (C=O) groups excluding carboxylic acids is 1. The first-order valence-electron chi connectivity index (χ1n) is 9.58. The zero-order valence-corrected chi connectivity index (χ0v) is 15.9. The van der Waals surface area contributed by atoms with Gasteiger partial charge in [0, 0.05) is 18.6 Å². The summed E-state index contributed by atoms with van der Waals surface area (Å²) in [5, 5.41) is 6.84. The number of ether oxygens (including phenoxy) is 1. The minimum atomic E-state index is -0.429. The molecule has 1 aliphatic rings. The number of amides is 1. The molecule has 23 heavy (non-hydrogen) atoms. The van der Waals surface area contributed by atoms with Crippen molar-refractivity contribution in [3.63, 3.8) is 0 Å². The van der Waals surface area contributed by atoms with Gasteiger partial charge in [0.2, 0.25) is 0 Å². The van der Waals surface area contributed by atoms with Crippen LogP contribution >= 0.6 is 0 Å². The molecule has 0 aromatic carbocycles. The van der Waals surface area contributed by atoms with Crippen LogP contribution in [0.3, 0.4) is 0 Å². The van der Waals surface area contributed by atoms with Crippen molar-refractivity contribution in [2.45, 2.75) is 104 Å². The fourth-order valence-electron chi connectivity index (χ4n) is 3.36. The summed E-state index contributed by atoms with van der Waals surface area (Å²) in [6.07, 6.45) is 9.68. The second-order valence-corrected chi connectivity index (χ2v) is 7.95. The van der Waals surface area contributed by atoms with E-state index in [0.29, 0.717) is 18.0 Å². The topological polar surface area (TPSA) is 50.4 Å². The molecule has 3 atom stereocenters. The highest BCUT2D eigenvalue weighted by Gasteiger charge is 2.27. The lowest BCUT2D eigenvalue weighted by Gasteiger charge is -2.35. The molecule has 4 heteroatoms. The summed E-state index contributed by atoms with van der Waals surface area (Å²) in [6.45, 7) is 10.9. The Labute approximate surface area is 143 Å². The van der Waals surface area contributed by atoms with Gasteiger partial charge in [0.05, 0.1) is 0 Å². The van der Waals surface area contributed by atoms with Crippen molar-refractivity contribution in [1.29, 1.82) is 0 Å². The Balaban J connectivity index is 2.45. The summed E-state index contributed by atoms with van der Waals surface area (Å²) in [5.41, 5.74) is -0.429. The van der Waals surface area contributed by atoms with Crippen LogP contribution in [0.4, 0.5) is 4.79 Å². The van der Waals surface area contributed by atoms with Gasteiger partial charge >= 0.3 is 6.09 Å². The van der Waals surface area contributed by atoms with Gasteiger partial charge < -0.3 is 15.4 Å². The molecule has 0 radical (unpaired) electrons. The zero-order valence-electron chi connectivity index (χ0n) is 15.9. The van der Waals surface area contributed by atoms with Gasteiger partial charge in [-0.25, -0.2) is 4.79 Å². The van der Waals surface area contributed by atoms with Crippen LogP contribution in [-0.4, -0.2) is 30.3 Å². The molecule has 4 nitrogen and oxygen atoms in total. The highest BCUT2D eigenvalue weighted by molar-refractivity contribution is 5.67. The molecule has 1 saturated carbocycles. The van der Waals surface area contributed by atoms with E-state index in [0.717, 1.165) is 6.54 Å². The number of rotatable bonds is 8. The van der Waals surface area contributed by atoms with Crippen molar-refractivity contribution >= 4 is 6.09 Å². The SMILES string of the molecule is CCCCC(CC)NC1CCCCC1CNC(=O)OC(C)(C)C. The fraction of sp³-hybridized carbons (Fsp3) is 0.947. The van der Waals surface area contributed by atoms with Crippen LogP contribution in [0.2, 0.25) is 0 Å². The maximum absolute atomic E-state index is 11.9. The van der Waals surface area contributed by atoms with E-state index in [1.807, 2.05) is 20.8 Å². The Morgan fingerprint density at radius 3 is 2.52 bits per heavy atom. The van der Waals surface area contributed by atoms with E-state index >= 15 is 0 Å². The Morgan fingerprint density at radius 2 is 1.91 bits per heavy atom. The summed E-state index contributed by atoms with van der Waals surface area (Å²) in [7, 11) is 0. The van der Waals surface area contributed by atoms with E-state index in [4.69, 9.17) is 4.74 Å². The van der Waals surface area contributed by atoms with Gasteiger partial charge in [0.1, 0.15) is 5.60 Å². The Kier molecular flexibility index (Phi) is 8.96. The molecule has 0 saturated heterocycles. The lowest BCUT2D eigenvalue weighted by molar-refractivity contribution is 0.0509. The van der Waals surface area contributed by atoms with Gasteiger partial charge in [-0.1, -0.05) is 39.5 Å². The maximum atomic E-state index is 11.9. The Bertz CT molecular complexity index is 339. The molecule has 1 rings (SSSR count). The summed E-state index contributed by atoms with van der Waals surface area (Å²) in [5.74, 6) is 0.520. The average molecular weight is 327 g/mol. The summed E-state index contributed by atoms with van der Waals surface area (Å²) < 4.78 is 5.35. The number of hydrogen-bond donors (Lipinski definition) is 2. The third-order valence-corrected chi connectivity index (χ3v) is 4.67. The number of nitrogens with one attached hydrogen (secondary N) is 2. The number of alkyl carbamates (subject to hydrolysis) is 1. The standard InChI is InChI=1S/C19H38N2O2/c1-6-8-12-16(7-2)21-17-13-10-9-11-15(17)14-20-18(22)23-19(3,4)5/h15-17,21H,6-14H2,1-5H3,(H,20,22). The van der Waals surface area contributed by atoms with Gasteiger partial charge in [-0.05, 0) is 52.4 Å². The van der Waals surface area contributed by atoms with Crippen LogP contribution < -0.4 is 10.6 Å². The van der Waals surface area contributed by atoms with Gasteiger partial charge in [-0.2, -0.15) is 0 Å². The molecular weight excluding hydrogens is 288 g/mol. The monoisotopic (exact) mass is 326 g/mol. The number of hydrogen-bond acceptors (Lipinski definition) is 3. The first-order valence-corrected chi connectivity index (χ1v) is 9.58. The molecular formula is C19H38N2O2. The minimum absolute atomic E-state index is 0.292. The van der Waals surface area contributed by atoms with Crippen LogP contribution in [0, 0.1) is 5.92 Å². The van der Waals surface area contributed by atoms with Gasteiger partial charge in [0.15, 0.2) is 0 Å². The van der Waals surface area contributed by atoms with E-state index in [1.54, 1.807) is 0 Å². The molecule has 3 unspecified atom stereocenters. The first kappa shape index (κ1) is 20.3. The van der Waals surface area contributed by atoms with Crippen molar-refractivity contribution in [3.05, 3.63) is 0 Å². The van der Waals surface area contributed by atoms with Crippen molar-refractivity contribution < 1.29 is 9.53 Å². The molecule has 0 aliphatic heterocycles. The molecule has 1 amide bonds. The predicted octanol–water partition coefficient (Wildman–Crippen LogP) is 4.63. The molecule has 0 aromatic rings. The van der Waals surface area contributed by atoms with Gasteiger partial charge in [0.25, 0.3) is 0 Å². The summed E-state index contributed by atoms with van der Waals surface area (Å²) >= 11 is 0. The van der Waals surface area contributed by atoms with Gasteiger partial charge in [-0.3, -0.25) is 0 Å². The average Bonchev–Trinajstić information content (AvgIpc) is 2.48. The van der Waals surface area contributed by atoms with Crippen LogP contribution in [0.25, 0.3) is 0 Å². The normalized spacial score (nSPS) is 23.3. The smallest absolute Gasteiger partial charge is 0.407 e. The molecule has 0 heterocycles. The molecule has 0 spiro atoms. The second-order valence-electron chi connectivity index (χ2n) is 7.95. The number of unbranched alkanes of at least 4 members (excludes halogenated alkanes) is 1. The maximum Gasteiger partial charge on any atom is 0.407 e.